The molecule has 0 saturated carbocycles. The predicted octanol–water partition coefficient (Wildman–Crippen LogP) is 4.06. The molecule has 1 aromatic heterocycles. The van der Waals surface area contributed by atoms with Gasteiger partial charge in [0.15, 0.2) is 5.17 Å². The Balaban J connectivity index is 1.95. The molecule has 0 atom stereocenters. The van der Waals surface area contributed by atoms with E-state index >= 15 is 0 Å². The van der Waals surface area contributed by atoms with Crippen LogP contribution in [-0.4, -0.2) is 16.5 Å². The van der Waals surface area contributed by atoms with Gasteiger partial charge in [-0.25, -0.2) is 0 Å². The van der Waals surface area contributed by atoms with Gasteiger partial charge < -0.3 is 5.32 Å². The number of hydrogen-bond acceptors (Lipinski definition) is 3. The normalized spacial score (nSPS) is 20.3. The summed E-state index contributed by atoms with van der Waals surface area (Å²) in [6, 6.07) is 4.43. The molecule has 1 aliphatic rings. The van der Waals surface area contributed by atoms with E-state index in [9.17, 15) is 0 Å². The molecule has 0 aromatic carbocycles. The molecular weight excluding hydrogens is 260 g/mol. The summed E-state index contributed by atoms with van der Waals surface area (Å²) in [6.07, 6.45) is 3.48. The van der Waals surface area contributed by atoms with Crippen LogP contribution < -0.4 is 5.32 Å². The number of thioether (sulfide) groups is 1. The fraction of sp³-hybridized carbons (Fsp3) is 0.643. The summed E-state index contributed by atoms with van der Waals surface area (Å²) in [4.78, 5) is 7.53. The smallest absolute Gasteiger partial charge is 0.157 e. The average molecular weight is 282 g/mol. The van der Waals surface area contributed by atoms with Gasteiger partial charge in [-0.2, -0.15) is 0 Å². The van der Waals surface area contributed by atoms with Gasteiger partial charge in [0.25, 0.3) is 0 Å². The molecule has 1 fully saturated rings. The van der Waals surface area contributed by atoms with Gasteiger partial charge in [-0.3, -0.25) is 4.99 Å². The maximum Gasteiger partial charge on any atom is 0.157 e. The second kappa shape index (κ2) is 6.11. The summed E-state index contributed by atoms with van der Waals surface area (Å²) in [7, 11) is 0. The third-order valence-corrected chi connectivity index (χ3v) is 6.07. The molecule has 0 spiro atoms. The molecule has 0 unspecified atom stereocenters. The van der Waals surface area contributed by atoms with E-state index in [0.29, 0.717) is 0 Å². The minimum absolute atomic E-state index is 0.285. The molecule has 100 valence electrons. The van der Waals surface area contributed by atoms with Crippen LogP contribution in [0.4, 0.5) is 0 Å². The van der Waals surface area contributed by atoms with Crippen molar-refractivity contribution in [3.63, 3.8) is 0 Å². The molecule has 18 heavy (non-hydrogen) atoms. The zero-order valence-corrected chi connectivity index (χ0v) is 13.1. The fourth-order valence-corrected chi connectivity index (χ4v) is 4.29. The molecule has 0 bridgehead atoms. The third-order valence-electron chi connectivity index (χ3n) is 3.66. The molecule has 2 nitrogen and oxygen atoms in total. The minimum Gasteiger partial charge on any atom is -0.359 e. The molecule has 1 aliphatic heterocycles. The third kappa shape index (κ3) is 3.09. The number of nitrogens with one attached hydrogen (secondary N) is 1. The van der Waals surface area contributed by atoms with Crippen LogP contribution in [0, 0.1) is 0 Å². The van der Waals surface area contributed by atoms with Crippen LogP contribution in [0.2, 0.25) is 0 Å². The first kappa shape index (κ1) is 13.9. The molecule has 0 radical (unpaired) electrons. The highest BCUT2D eigenvalue weighted by molar-refractivity contribution is 8.14. The molecule has 1 N–H and O–H groups in total. The lowest BCUT2D eigenvalue weighted by atomic mass is 9.96. The van der Waals surface area contributed by atoms with Crippen LogP contribution in [-0.2, 0) is 13.0 Å². The minimum atomic E-state index is 0.285. The van der Waals surface area contributed by atoms with Gasteiger partial charge >= 0.3 is 0 Å². The summed E-state index contributed by atoms with van der Waals surface area (Å²) >= 11 is 3.76. The number of rotatable bonds is 5. The van der Waals surface area contributed by atoms with Crippen LogP contribution >= 0.6 is 23.1 Å². The van der Waals surface area contributed by atoms with Crippen molar-refractivity contribution < 1.29 is 0 Å². The van der Waals surface area contributed by atoms with E-state index in [1.54, 1.807) is 0 Å². The summed E-state index contributed by atoms with van der Waals surface area (Å²) in [6.45, 7) is 7.54. The zero-order valence-electron chi connectivity index (χ0n) is 11.5. The lowest BCUT2D eigenvalue weighted by Gasteiger charge is -2.25. The number of amidine groups is 1. The highest BCUT2D eigenvalue weighted by atomic mass is 32.2. The molecule has 4 heteroatoms. The quantitative estimate of drug-likeness (QED) is 0.880. The first-order valence-electron chi connectivity index (χ1n) is 6.74. The van der Waals surface area contributed by atoms with Gasteiger partial charge in [-0.1, -0.05) is 32.5 Å². The lowest BCUT2D eigenvalue weighted by Crippen LogP contribution is -2.42. The van der Waals surface area contributed by atoms with E-state index in [-0.39, 0.29) is 5.54 Å². The summed E-state index contributed by atoms with van der Waals surface area (Å²) in [5.41, 5.74) is 0.285. The van der Waals surface area contributed by atoms with Gasteiger partial charge in [-0.05, 0) is 31.4 Å². The topological polar surface area (TPSA) is 24.4 Å². The number of aryl methyl sites for hydroxylation is 1. The molecule has 0 aliphatic carbocycles. The van der Waals surface area contributed by atoms with Crippen molar-refractivity contribution in [3.05, 3.63) is 21.9 Å². The largest absolute Gasteiger partial charge is 0.359 e. The van der Waals surface area contributed by atoms with Crippen LogP contribution in [0.5, 0.6) is 0 Å². The zero-order chi connectivity index (χ0) is 13.0. The number of thiophene rings is 1. The Labute approximate surface area is 118 Å². The van der Waals surface area contributed by atoms with Gasteiger partial charge in [0.1, 0.15) is 0 Å². The van der Waals surface area contributed by atoms with Crippen molar-refractivity contribution >= 4 is 28.3 Å². The first-order valence-corrected chi connectivity index (χ1v) is 8.54. The summed E-state index contributed by atoms with van der Waals surface area (Å²) < 4.78 is 0. The Bertz CT molecular complexity index is 419. The molecule has 2 rings (SSSR count). The maximum atomic E-state index is 4.71. The molecule has 0 amide bonds. The highest BCUT2D eigenvalue weighted by Crippen LogP contribution is 2.29. The van der Waals surface area contributed by atoms with Gasteiger partial charge in [0, 0.05) is 21.0 Å². The van der Waals surface area contributed by atoms with Crippen LogP contribution in [0.15, 0.2) is 17.1 Å². The second-order valence-electron chi connectivity index (χ2n) is 4.74. The van der Waals surface area contributed by atoms with Crippen LogP contribution in [0.25, 0.3) is 0 Å². The number of hydrogen-bond donors (Lipinski definition) is 1. The number of nitrogens with zero attached hydrogens (tertiary/aromatic N) is 1. The van der Waals surface area contributed by atoms with Crippen LogP contribution in [0.3, 0.4) is 0 Å². The first-order chi connectivity index (χ1) is 8.71. The average Bonchev–Trinajstić information content (AvgIpc) is 3.03. The summed E-state index contributed by atoms with van der Waals surface area (Å²) in [5, 5.41) is 4.74. The Morgan fingerprint density at radius 1 is 1.22 bits per heavy atom. The number of aliphatic imine (C=N–C) groups is 1. The van der Waals surface area contributed by atoms with Gasteiger partial charge in [-0.15, -0.1) is 11.3 Å². The van der Waals surface area contributed by atoms with E-state index in [1.807, 2.05) is 23.1 Å². The predicted molar refractivity (Wildman–Crippen MR) is 83.7 cm³/mol. The molecular formula is C14H22N2S2. The van der Waals surface area contributed by atoms with E-state index in [2.05, 4.69) is 38.2 Å². The second-order valence-corrected chi connectivity index (χ2v) is 6.96. The Hall–Kier alpha value is -0.480. The SMILES string of the molecule is CCc1ccc(CN=C2NC(CC)(CC)CS2)s1. The standard InChI is InChI=1S/C14H22N2S2/c1-4-11-7-8-12(18-11)9-15-13-16-14(5-2,6-3)10-17-13/h7-8H,4-6,9-10H2,1-3H3,(H,15,16). The van der Waals surface area contributed by atoms with Crippen molar-refractivity contribution in [1.82, 2.24) is 5.32 Å². The van der Waals surface area contributed by atoms with E-state index in [4.69, 9.17) is 4.99 Å². The summed E-state index contributed by atoms with van der Waals surface area (Å²) in [5.74, 6) is 1.16. The van der Waals surface area contributed by atoms with Gasteiger partial charge in [0.05, 0.1) is 6.54 Å². The Morgan fingerprint density at radius 2 is 1.94 bits per heavy atom. The Kier molecular flexibility index (Phi) is 4.73. The highest BCUT2D eigenvalue weighted by Gasteiger charge is 2.33. The van der Waals surface area contributed by atoms with Crippen molar-refractivity contribution in [2.75, 3.05) is 5.75 Å². The van der Waals surface area contributed by atoms with Crippen molar-refractivity contribution in [2.24, 2.45) is 4.99 Å². The van der Waals surface area contributed by atoms with Crippen molar-refractivity contribution in [2.45, 2.75) is 52.1 Å². The van der Waals surface area contributed by atoms with Gasteiger partial charge in [0.2, 0.25) is 0 Å². The monoisotopic (exact) mass is 282 g/mol. The van der Waals surface area contributed by atoms with Crippen LogP contribution in [0.1, 0.15) is 43.4 Å². The molecule has 2 heterocycles. The fourth-order valence-electron chi connectivity index (χ4n) is 2.07. The van der Waals surface area contributed by atoms with Crippen molar-refractivity contribution in [1.29, 1.82) is 0 Å². The lowest BCUT2D eigenvalue weighted by molar-refractivity contribution is 0.407. The van der Waals surface area contributed by atoms with E-state index in [1.165, 1.54) is 22.6 Å². The van der Waals surface area contributed by atoms with E-state index < -0.39 is 0 Å². The van der Waals surface area contributed by atoms with E-state index in [0.717, 1.165) is 23.9 Å². The molecule has 1 aromatic rings. The van der Waals surface area contributed by atoms with Crippen molar-refractivity contribution in [3.8, 4) is 0 Å². The Morgan fingerprint density at radius 3 is 2.50 bits per heavy atom. The maximum absolute atomic E-state index is 4.71. The molecule has 1 saturated heterocycles.